The van der Waals surface area contributed by atoms with Gasteiger partial charge in [0.15, 0.2) is 5.96 Å². The summed E-state index contributed by atoms with van der Waals surface area (Å²) in [6.07, 6.45) is 0.269. The van der Waals surface area contributed by atoms with Crippen LogP contribution in [0.3, 0.4) is 0 Å². The first-order valence-corrected chi connectivity index (χ1v) is 12.7. The van der Waals surface area contributed by atoms with E-state index in [1.54, 1.807) is 32.2 Å². The molecule has 0 saturated carbocycles. The van der Waals surface area contributed by atoms with Crippen LogP contribution in [0.2, 0.25) is 0 Å². The Morgan fingerprint density at radius 1 is 1.16 bits per heavy atom. The van der Waals surface area contributed by atoms with Gasteiger partial charge in [0, 0.05) is 30.2 Å². The van der Waals surface area contributed by atoms with Crippen LogP contribution in [0.15, 0.2) is 47.5 Å². The molecule has 10 nitrogen and oxygen atoms in total. The molecule has 3 aliphatic heterocycles. The lowest BCUT2D eigenvalue weighted by molar-refractivity contribution is -0.133. The Bertz CT molecular complexity index is 1290. The molecule has 0 fully saturated rings. The van der Waals surface area contributed by atoms with E-state index >= 15 is 0 Å². The predicted molar refractivity (Wildman–Crippen MR) is 140 cm³/mol. The molecule has 3 aliphatic rings. The number of nitrogens with two attached hydrogens (primary N) is 1. The lowest BCUT2D eigenvalue weighted by Crippen LogP contribution is -2.53. The van der Waals surface area contributed by atoms with Crippen LogP contribution >= 0.6 is 0 Å². The molecule has 0 saturated heterocycles. The van der Waals surface area contributed by atoms with Crippen LogP contribution in [0.1, 0.15) is 67.2 Å². The second kappa shape index (κ2) is 9.59. The van der Waals surface area contributed by atoms with E-state index in [0.717, 1.165) is 0 Å². The third kappa shape index (κ3) is 4.69. The number of nitrogens with one attached hydrogen (secondary N) is 1. The number of aliphatic imine (C=N–C) groups is 1. The van der Waals surface area contributed by atoms with Crippen molar-refractivity contribution in [1.29, 1.82) is 0 Å². The number of amides is 2. The normalized spacial score (nSPS) is 28.1. The Labute approximate surface area is 221 Å². The van der Waals surface area contributed by atoms with Gasteiger partial charge in [-0.2, -0.15) is 0 Å². The minimum absolute atomic E-state index is 0.0383. The summed E-state index contributed by atoms with van der Waals surface area (Å²) < 4.78 is 17.5. The number of hydrogen-bond donors (Lipinski definition) is 3. The van der Waals surface area contributed by atoms with Crippen molar-refractivity contribution >= 4 is 17.8 Å². The van der Waals surface area contributed by atoms with Crippen LogP contribution in [-0.2, 0) is 9.53 Å². The summed E-state index contributed by atoms with van der Waals surface area (Å²) in [4.78, 5) is 32.9. The summed E-state index contributed by atoms with van der Waals surface area (Å²) in [7, 11) is 1.58. The fraction of sp³-hybridized carbons (Fsp3) is 0.464. The second-order valence-corrected chi connectivity index (χ2v) is 10.9. The lowest BCUT2D eigenvalue weighted by Gasteiger charge is -2.40. The molecule has 0 bridgehead atoms. The van der Waals surface area contributed by atoms with E-state index in [2.05, 4.69) is 10.3 Å². The van der Waals surface area contributed by atoms with Crippen LogP contribution in [0.4, 0.5) is 0 Å². The highest BCUT2D eigenvalue weighted by Gasteiger charge is 2.44. The van der Waals surface area contributed by atoms with Crippen molar-refractivity contribution in [3.63, 3.8) is 0 Å². The van der Waals surface area contributed by atoms with Gasteiger partial charge in [0.2, 0.25) is 5.91 Å². The Hall–Kier alpha value is -3.63. The molecule has 2 aromatic rings. The summed E-state index contributed by atoms with van der Waals surface area (Å²) in [5.41, 5.74) is 6.05. The molecule has 5 rings (SSSR count). The Kier molecular flexibility index (Phi) is 6.56. The van der Waals surface area contributed by atoms with Gasteiger partial charge in [-0.05, 0) is 45.0 Å². The number of fused-ring (bicyclic) bond motifs is 2. The number of carbonyl (C=O) groups is 2. The Morgan fingerprint density at radius 3 is 2.63 bits per heavy atom. The number of guanidine groups is 1. The van der Waals surface area contributed by atoms with Gasteiger partial charge < -0.3 is 30.4 Å². The number of nitrogens with zero attached hydrogens (tertiary/aromatic N) is 2. The van der Waals surface area contributed by atoms with Crippen LogP contribution in [-0.4, -0.2) is 65.3 Å². The number of para-hydroxylation sites is 1. The number of ether oxygens (including phenoxy) is 3. The SMILES string of the molecule is COC1CCOc2ccc(C(=O)N[C@@H]3c4ccccc4OC[C@]3(C)O)cc2C1N1C(=O)CC(C)(C)N=C1N. The van der Waals surface area contributed by atoms with Crippen molar-refractivity contribution in [2.24, 2.45) is 10.7 Å². The highest BCUT2D eigenvalue weighted by atomic mass is 16.5. The van der Waals surface area contributed by atoms with Gasteiger partial charge in [-0.1, -0.05) is 18.2 Å². The fourth-order valence-corrected chi connectivity index (χ4v) is 5.47. The van der Waals surface area contributed by atoms with Crippen molar-refractivity contribution in [3.05, 3.63) is 59.2 Å². The molecule has 0 radical (unpaired) electrons. The van der Waals surface area contributed by atoms with E-state index in [9.17, 15) is 14.7 Å². The van der Waals surface area contributed by atoms with E-state index in [1.165, 1.54) is 4.90 Å². The number of methoxy groups -OCH3 is 1. The van der Waals surface area contributed by atoms with Crippen LogP contribution in [0.5, 0.6) is 11.5 Å². The molecule has 4 atom stereocenters. The number of hydrogen-bond acceptors (Lipinski definition) is 8. The van der Waals surface area contributed by atoms with Crippen molar-refractivity contribution < 1.29 is 28.9 Å². The van der Waals surface area contributed by atoms with Gasteiger partial charge >= 0.3 is 0 Å². The first-order valence-electron chi connectivity index (χ1n) is 12.7. The van der Waals surface area contributed by atoms with E-state index in [-0.39, 0.29) is 30.8 Å². The van der Waals surface area contributed by atoms with Crippen molar-refractivity contribution in [2.75, 3.05) is 20.3 Å². The first-order chi connectivity index (χ1) is 18.0. The van der Waals surface area contributed by atoms with Crippen molar-refractivity contribution in [1.82, 2.24) is 10.2 Å². The van der Waals surface area contributed by atoms with Crippen LogP contribution < -0.4 is 20.5 Å². The zero-order chi connectivity index (χ0) is 27.2. The predicted octanol–water partition coefficient (Wildman–Crippen LogP) is 2.47. The van der Waals surface area contributed by atoms with Crippen molar-refractivity contribution in [2.45, 2.75) is 62.9 Å². The maximum Gasteiger partial charge on any atom is 0.251 e. The van der Waals surface area contributed by atoms with E-state index in [1.807, 2.05) is 38.1 Å². The summed E-state index contributed by atoms with van der Waals surface area (Å²) in [5.74, 6) is 0.700. The standard InChI is InChI=1S/C28H34N4O6/c1-27(2)14-22(33)32(26(29)31-27)23-18-13-16(9-10-20(18)37-12-11-21(23)36-4)25(34)30-24-17-7-5-6-8-19(17)38-15-28(24,3)35/h5-10,13,21,23-24,35H,11-12,14-15H2,1-4H3,(H2,29,31)(H,30,34)/t21?,23?,24-,28+/m1/s1. The molecule has 2 unspecified atom stereocenters. The van der Waals surface area contributed by atoms with Gasteiger partial charge in [-0.25, -0.2) is 4.99 Å². The fourth-order valence-electron chi connectivity index (χ4n) is 5.47. The van der Waals surface area contributed by atoms with Gasteiger partial charge in [0.1, 0.15) is 23.7 Å². The maximum absolute atomic E-state index is 13.6. The minimum Gasteiger partial charge on any atom is -0.493 e. The minimum atomic E-state index is -1.32. The lowest BCUT2D eigenvalue weighted by atomic mass is 9.87. The van der Waals surface area contributed by atoms with E-state index in [0.29, 0.717) is 41.2 Å². The average Bonchev–Trinajstić information content (AvgIpc) is 3.03. The van der Waals surface area contributed by atoms with Crippen LogP contribution in [0.25, 0.3) is 0 Å². The number of rotatable bonds is 4. The molecule has 0 aliphatic carbocycles. The van der Waals surface area contributed by atoms with E-state index < -0.39 is 29.3 Å². The number of aliphatic hydroxyl groups is 1. The van der Waals surface area contributed by atoms with Gasteiger partial charge in [0.05, 0.1) is 36.8 Å². The molecule has 0 spiro atoms. The highest BCUT2D eigenvalue weighted by molar-refractivity contribution is 6.00. The summed E-state index contributed by atoms with van der Waals surface area (Å²) >= 11 is 0. The van der Waals surface area contributed by atoms with E-state index in [4.69, 9.17) is 19.9 Å². The number of benzene rings is 2. The maximum atomic E-state index is 13.6. The zero-order valence-electron chi connectivity index (χ0n) is 22.1. The third-order valence-electron chi connectivity index (χ3n) is 7.35. The van der Waals surface area contributed by atoms with Gasteiger partial charge in [0.25, 0.3) is 5.91 Å². The molecule has 202 valence electrons. The zero-order valence-corrected chi connectivity index (χ0v) is 22.1. The summed E-state index contributed by atoms with van der Waals surface area (Å²) in [6.45, 7) is 5.76. The quantitative estimate of drug-likeness (QED) is 0.561. The largest absolute Gasteiger partial charge is 0.493 e. The molecule has 0 aromatic heterocycles. The van der Waals surface area contributed by atoms with Gasteiger partial charge in [-0.15, -0.1) is 0 Å². The Morgan fingerprint density at radius 2 is 1.89 bits per heavy atom. The molecule has 38 heavy (non-hydrogen) atoms. The molecular formula is C28H34N4O6. The second-order valence-electron chi connectivity index (χ2n) is 10.9. The molecule has 10 heteroatoms. The topological polar surface area (TPSA) is 136 Å². The molecular weight excluding hydrogens is 488 g/mol. The van der Waals surface area contributed by atoms with Crippen molar-refractivity contribution in [3.8, 4) is 11.5 Å². The molecule has 2 amide bonds. The average molecular weight is 523 g/mol. The summed E-state index contributed by atoms with van der Waals surface area (Å²) in [5, 5.41) is 14.0. The molecule has 2 aromatic carbocycles. The number of carbonyl (C=O) groups excluding carboxylic acids is 2. The summed E-state index contributed by atoms with van der Waals surface area (Å²) in [6, 6.07) is 11.1. The first kappa shape index (κ1) is 26.0. The molecule has 4 N–H and O–H groups in total. The third-order valence-corrected chi connectivity index (χ3v) is 7.35. The Balaban J connectivity index is 1.52. The monoisotopic (exact) mass is 522 g/mol. The smallest absolute Gasteiger partial charge is 0.251 e. The van der Waals surface area contributed by atoms with Crippen LogP contribution in [0, 0.1) is 0 Å². The van der Waals surface area contributed by atoms with Gasteiger partial charge in [-0.3, -0.25) is 14.5 Å². The molecule has 3 heterocycles. The highest BCUT2D eigenvalue weighted by Crippen LogP contribution is 2.41.